The molecule has 1 unspecified atom stereocenters. The van der Waals surface area contributed by atoms with Gasteiger partial charge in [0.15, 0.2) is 0 Å². The van der Waals surface area contributed by atoms with Crippen LogP contribution in [-0.2, 0) is 19.6 Å². The Morgan fingerprint density at radius 3 is 2.83 bits per heavy atom. The van der Waals surface area contributed by atoms with Crippen LogP contribution in [0.5, 0.6) is 0 Å². The fourth-order valence-corrected chi connectivity index (χ4v) is 5.22. The first-order chi connectivity index (χ1) is 11.4. The number of nitrogens with zero attached hydrogens (tertiary/aromatic N) is 1. The molecule has 9 heteroatoms. The Kier molecular flexibility index (Phi) is 6.76. The van der Waals surface area contributed by atoms with E-state index in [1.54, 1.807) is 17.5 Å². The van der Waals surface area contributed by atoms with Crippen LogP contribution in [0.2, 0.25) is 0 Å². The van der Waals surface area contributed by atoms with E-state index in [1.807, 2.05) is 6.92 Å². The highest BCUT2D eigenvalue weighted by molar-refractivity contribution is 7.91. The lowest BCUT2D eigenvalue weighted by Crippen LogP contribution is -2.47. The molecule has 134 valence electrons. The molecule has 1 aromatic rings. The van der Waals surface area contributed by atoms with E-state index in [9.17, 15) is 18.0 Å². The molecule has 1 aliphatic heterocycles. The largest absolute Gasteiger partial charge is 0.355 e. The summed E-state index contributed by atoms with van der Waals surface area (Å²) >= 11 is 1.17. The van der Waals surface area contributed by atoms with Gasteiger partial charge in [0.25, 0.3) is 10.0 Å². The third kappa shape index (κ3) is 4.78. The standard InChI is InChI=1S/C15H23N3O4S2/c1-2-7-16-13(19)10-17-15(20)12-5-3-8-18(11-12)24(21,22)14-6-4-9-23-14/h4,6,9,12H,2-3,5,7-8,10-11H2,1H3,(H,16,19)(H,17,20). The van der Waals surface area contributed by atoms with Crippen molar-refractivity contribution in [2.24, 2.45) is 5.92 Å². The maximum absolute atomic E-state index is 12.5. The predicted octanol–water partition coefficient (Wildman–Crippen LogP) is 0.791. The smallest absolute Gasteiger partial charge is 0.252 e. The van der Waals surface area contributed by atoms with Gasteiger partial charge < -0.3 is 10.6 Å². The molecule has 0 bridgehead atoms. The van der Waals surface area contributed by atoms with Crippen molar-refractivity contribution in [2.45, 2.75) is 30.4 Å². The zero-order valence-electron chi connectivity index (χ0n) is 13.7. The van der Waals surface area contributed by atoms with E-state index in [2.05, 4.69) is 10.6 Å². The highest BCUT2D eigenvalue weighted by Gasteiger charge is 2.33. The number of hydrogen-bond acceptors (Lipinski definition) is 5. The highest BCUT2D eigenvalue weighted by atomic mass is 32.2. The molecule has 2 N–H and O–H groups in total. The van der Waals surface area contributed by atoms with E-state index in [0.717, 1.165) is 6.42 Å². The van der Waals surface area contributed by atoms with Gasteiger partial charge in [-0.25, -0.2) is 8.42 Å². The molecular formula is C15H23N3O4S2. The molecular weight excluding hydrogens is 350 g/mol. The van der Waals surface area contributed by atoms with Gasteiger partial charge >= 0.3 is 0 Å². The summed E-state index contributed by atoms with van der Waals surface area (Å²) in [5.74, 6) is -0.927. The fraction of sp³-hybridized carbons (Fsp3) is 0.600. The average Bonchev–Trinajstić information content (AvgIpc) is 3.13. The van der Waals surface area contributed by atoms with Crippen LogP contribution in [0.4, 0.5) is 0 Å². The van der Waals surface area contributed by atoms with Crippen molar-refractivity contribution >= 4 is 33.2 Å². The molecule has 2 rings (SSSR count). The van der Waals surface area contributed by atoms with Gasteiger partial charge in [0.1, 0.15) is 4.21 Å². The first-order valence-electron chi connectivity index (χ1n) is 8.03. The third-order valence-corrected chi connectivity index (χ3v) is 7.08. The van der Waals surface area contributed by atoms with Crippen LogP contribution in [0, 0.1) is 5.92 Å². The Morgan fingerprint density at radius 1 is 1.38 bits per heavy atom. The summed E-state index contributed by atoms with van der Waals surface area (Å²) in [7, 11) is -3.54. The zero-order chi connectivity index (χ0) is 17.6. The number of rotatable bonds is 7. The molecule has 1 aromatic heterocycles. The number of amides is 2. The van der Waals surface area contributed by atoms with Gasteiger partial charge in [-0.05, 0) is 30.7 Å². The van der Waals surface area contributed by atoms with Gasteiger partial charge in [-0.15, -0.1) is 11.3 Å². The number of carbonyl (C=O) groups is 2. The Morgan fingerprint density at radius 2 is 2.17 bits per heavy atom. The van der Waals surface area contributed by atoms with Crippen LogP contribution in [0.25, 0.3) is 0 Å². The number of piperidine rings is 1. The molecule has 0 radical (unpaired) electrons. The molecule has 2 amide bonds. The van der Waals surface area contributed by atoms with Crippen LogP contribution >= 0.6 is 11.3 Å². The van der Waals surface area contributed by atoms with E-state index < -0.39 is 15.9 Å². The lowest BCUT2D eigenvalue weighted by molar-refractivity contribution is -0.129. The summed E-state index contributed by atoms with van der Waals surface area (Å²) in [5.41, 5.74) is 0. The quantitative estimate of drug-likeness (QED) is 0.739. The maximum Gasteiger partial charge on any atom is 0.252 e. The molecule has 0 aromatic carbocycles. The minimum atomic E-state index is -3.54. The van der Waals surface area contributed by atoms with Crippen molar-refractivity contribution in [3.63, 3.8) is 0 Å². The minimum Gasteiger partial charge on any atom is -0.355 e. The molecule has 0 spiro atoms. The number of thiophene rings is 1. The summed E-state index contributed by atoms with van der Waals surface area (Å²) in [6.45, 7) is 3.02. The van der Waals surface area contributed by atoms with E-state index in [1.165, 1.54) is 15.6 Å². The van der Waals surface area contributed by atoms with Gasteiger partial charge in [-0.2, -0.15) is 4.31 Å². The molecule has 2 heterocycles. The van der Waals surface area contributed by atoms with Gasteiger partial charge in [0.05, 0.1) is 12.5 Å². The lowest BCUT2D eigenvalue weighted by Gasteiger charge is -2.30. The van der Waals surface area contributed by atoms with Crippen molar-refractivity contribution in [3.8, 4) is 0 Å². The Bertz CT molecular complexity index is 658. The fourth-order valence-electron chi connectivity index (χ4n) is 2.55. The van der Waals surface area contributed by atoms with Crippen LogP contribution in [-0.4, -0.2) is 50.7 Å². The lowest BCUT2D eigenvalue weighted by atomic mass is 9.99. The Balaban J connectivity index is 1.91. The first-order valence-corrected chi connectivity index (χ1v) is 10.3. The zero-order valence-corrected chi connectivity index (χ0v) is 15.3. The highest BCUT2D eigenvalue weighted by Crippen LogP contribution is 2.26. The van der Waals surface area contributed by atoms with Crippen LogP contribution < -0.4 is 10.6 Å². The van der Waals surface area contributed by atoms with Gasteiger partial charge in [0.2, 0.25) is 11.8 Å². The van der Waals surface area contributed by atoms with Crippen LogP contribution in [0.1, 0.15) is 26.2 Å². The average molecular weight is 374 g/mol. The van der Waals surface area contributed by atoms with E-state index in [0.29, 0.717) is 30.1 Å². The number of hydrogen-bond donors (Lipinski definition) is 2. The summed E-state index contributed by atoms with van der Waals surface area (Å²) in [6, 6.07) is 3.27. The molecule has 0 aliphatic carbocycles. The summed E-state index contributed by atoms with van der Waals surface area (Å²) in [6.07, 6.45) is 2.08. The second-order valence-corrected chi connectivity index (χ2v) is 8.81. The molecule has 1 aliphatic rings. The predicted molar refractivity (Wildman–Crippen MR) is 92.1 cm³/mol. The van der Waals surface area contributed by atoms with Gasteiger partial charge in [-0.3, -0.25) is 9.59 Å². The second kappa shape index (κ2) is 8.59. The molecule has 1 atom stereocenters. The maximum atomic E-state index is 12.5. The molecule has 7 nitrogen and oxygen atoms in total. The third-order valence-electron chi connectivity index (χ3n) is 3.84. The normalized spacial score (nSPS) is 19.0. The topological polar surface area (TPSA) is 95.6 Å². The number of nitrogens with one attached hydrogen (secondary N) is 2. The second-order valence-electron chi connectivity index (χ2n) is 5.70. The van der Waals surface area contributed by atoms with Gasteiger partial charge in [0, 0.05) is 19.6 Å². The van der Waals surface area contributed by atoms with Crippen LogP contribution in [0.3, 0.4) is 0 Å². The molecule has 0 saturated carbocycles. The Labute approximate surface area is 146 Å². The van der Waals surface area contributed by atoms with Gasteiger partial charge in [-0.1, -0.05) is 13.0 Å². The summed E-state index contributed by atoms with van der Waals surface area (Å²) < 4.78 is 26.7. The van der Waals surface area contributed by atoms with Crippen molar-refractivity contribution in [1.82, 2.24) is 14.9 Å². The SMILES string of the molecule is CCCNC(=O)CNC(=O)C1CCCN(S(=O)(=O)c2cccs2)C1. The van der Waals surface area contributed by atoms with E-state index in [-0.39, 0.29) is 24.9 Å². The molecule has 1 saturated heterocycles. The summed E-state index contributed by atoms with van der Waals surface area (Å²) in [5, 5.41) is 7.00. The first kappa shape index (κ1) is 18.9. The van der Waals surface area contributed by atoms with Crippen molar-refractivity contribution in [2.75, 3.05) is 26.2 Å². The summed E-state index contributed by atoms with van der Waals surface area (Å²) in [4.78, 5) is 23.8. The minimum absolute atomic E-state index is 0.0764. The molecule has 1 fully saturated rings. The van der Waals surface area contributed by atoms with Crippen molar-refractivity contribution < 1.29 is 18.0 Å². The van der Waals surface area contributed by atoms with Crippen LogP contribution in [0.15, 0.2) is 21.7 Å². The van der Waals surface area contributed by atoms with E-state index >= 15 is 0 Å². The van der Waals surface area contributed by atoms with Crippen molar-refractivity contribution in [3.05, 3.63) is 17.5 Å². The Hall–Kier alpha value is -1.45. The monoisotopic (exact) mass is 373 g/mol. The number of carbonyl (C=O) groups excluding carboxylic acids is 2. The van der Waals surface area contributed by atoms with E-state index in [4.69, 9.17) is 0 Å². The molecule has 24 heavy (non-hydrogen) atoms. The van der Waals surface area contributed by atoms with Crippen molar-refractivity contribution in [1.29, 1.82) is 0 Å². The number of sulfonamides is 1.